The lowest BCUT2D eigenvalue weighted by atomic mass is 10.0. The Balaban J connectivity index is 2.95. The zero-order valence-electron chi connectivity index (χ0n) is 11.4. The number of hydrogen-bond acceptors (Lipinski definition) is 5. The smallest absolute Gasteiger partial charge is 0.336 e. The molecule has 0 fully saturated rings. The lowest BCUT2D eigenvalue weighted by molar-refractivity contribution is -0.386. The summed E-state index contributed by atoms with van der Waals surface area (Å²) in [5, 5.41) is 21.0. The van der Waals surface area contributed by atoms with Gasteiger partial charge in [-0.05, 0) is 19.4 Å². The van der Waals surface area contributed by atoms with Gasteiger partial charge < -0.3 is 9.84 Å². The molecule has 6 heteroatoms. The molecule has 0 aliphatic rings. The highest BCUT2D eigenvalue weighted by Gasteiger charge is 2.26. The van der Waals surface area contributed by atoms with Gasteiger partial charge in [-0.3, -0.25) is 10.1 Å². The zero-order valence-corrected chi connectivity index (χ0v) is 11.4. The maximum absolute atomic E-state index is 11.8. The van der Waals surface area contributed by atoms with Crippen molar-refractivity contribution in [1.82, 2.24) is 0 Å². The number of aliphatic hydroxyl groups is 1. The van der Waals surface area contributed by atoms with Gasteiger partial charge >= 0.3 is 5.97 Å². The molecule has 0 aliphatic carbocycles. The lowest BCUT2D eigenvalue weighted by Gasteiger charge is -2.16. The molecule has 20 heavy (non-hydrogen) atoms. The Hall–Kier alpha value is -2.21. The van der Waals surface area contributed by atoms with E-state index in [1.54, 1.807) is 13.0 Å². The summed E-state index contributed by atoms with van der Waals surface area (Å²) in [5.41, 5.74) is -0.472. The number of hydrogen-bond donors (Lipinski definition) is 1. The molecule has 0 saturated carbocycles. The number of carbonyl (C=O) groups excluding carboxylic acids is 1. The average Bonchev–Trinajstić information content (AvgIpc) is 2.45. The predicted octanol–water partition coefficient (Wildman–Crippen LogP) is 2.53. The van der Waals surface area contributed by atoms with E-state index in [9.17, 15) is 20.0 Å². The largest absolute Gasteiger partial charge is 0.459 e. The quantitative estimate of drug-likeness (QED) is 0.374. The molecule has 0 radical (unpaired) electrons. The summed E-state index contributed by atoms with van der Waals surface area (Å²) in [6.45, 7) is 7.03. The van der Waals surface area contributed by atoms with E-state index in [2.05, 4.69) is 6.58 Å². The number of rotatable bonds is 6. The van der Waals surface area contributed by atoms with E-state index < -0.39 is 17.0 Å². The summed E-state index contributed by atoms with van der Waals surface area (Å²) in [6, 6.07) is 5.66. The van der Waals surface area contributed by atoms with Crippen LogP contribution in [0.2, 0.25) is 0 Å². The number of nitrogens with zero attached hydrogens (tertiary/aromatic N) is 1. The molecule has 1 N–H and O–H groups in total. The van der Waals surface area contributed by atoms with Gasteiger partial charge in [-0.25, -0.2) is 4.79 Å². The first-order chi connectivity index (χ1) is 9.38. The molecular formula is C14H17NO5. The molecule has 0 heterocycles. The molecular weight excluding hydrogens is 262 g/mol. The zero-order chi connectivity index (χ0) is 15.3. The minimum absolute atomic E-state index is 0.0172. The molecule has 0 bridgehead atoms. The topological polar surface area (TPSA) is 89.7 Å². The van der Waals surface area contributed by atoms with Gasteiger partial charge in [0.15, 0.2) is 0 Å². The van der Waals surface area contributed by atoms with E-state index >= 15 is 0 Å². The maximum atomic E-state index is 11.8. The third kappa shape index (κ3) is 3.64. The normalized spacial score (nSPS) is 13.3. The SMILES string of the molecule is C=C(C(=O)OC(C)CC)C(O)c1ccccc1[N+](=O)[O-]. The van der Waals surface area contributed by atoms with Crippen LogP contribution in [0.4, 0.5) is 5.69 Å². The summed E-state index contributed by atoms with van der Waals surface area (Å²) < 4.78 is 5.04. The number of para-hydroxylation sites is 1. The lowest BCUT2D eigenvalue weighted by Crippen LogP contribution is -2.19. The van der Waals surface area contributed by atoms with Gasteiger partial charge in [0.25, 0.3) is 5.69 Å². The molecule has 2 atom stereocenters. The first kappa shape index (κ1) is 15.8. The van der Waals surface area contributed by atoms with Crippen LogP contribution < -0.4 is 0 Å². The van der Waals surface area contributed by atoms with Crippen LogP contribution in [0, 0.1) is 10.1 Å². The number of ether oxygens (including phenoxy) is 1. The van der Waals surface area contributed by atoms with Crippen LogP contribution in [0.5, 0.6) is 0 Å². The van der Waals surface area contributed by atoms with Gasteiger partial charge in [-0.2, -0.15) is 0 Å². The Bertz CT molecular complexity index is 526. The Kier molecular flexibility index (Phi) is 5.40. The fraction of sp³-hybridized carbons (Fsp3) is 0.357. The predicted molar refractivity (Wildman–Crippen MR) is 73.0 cm³/mol. The average molecular weight is 279 g/mol. The van der Waals surface area contributed by atoms with Gasteiger partial charge in [-0.1, -0.05) is 25.6 Å². The molecule has 2 unspecified atom stereocenters. The van der Waals surface area contributed by atoms with Crippen molar-refractivity contribution < 1.29 is 19.6 Å². The van der Waals surface area contributed by atoms with Crippen LogP contribution in [-0.4, -0.2) is 22.1 Å². The molecule has 1 rings (SSSR count). The van der Waals surface area contributed by atoms with Crippen LogP contribution in [0.15, 0.2) is 36.4 Å². The molecule has 0 spiro atoms. The molecule has 6 nitrogen and oxygen atoms in total. The first-order valence-electron chi connectivity index (χ1n) is 6.19. The highest BCUT2D eigenvalue weighted by atomic mass is 16.6. The van der Waals surface area contributed by atoms with Crippen molar-refractivity contribution in [2.45, 2.75) is 32.5 Å². The number of esters is 1. The number of aliphatic hydroxyl groups excluding tert-OH is 1. The van der Waals surface area contributed by atoms with Gasteiger partial charge in [-0.15, -0.1) is 0 Å². The highest BCUT2D eigenvalue weighted by Crippen LogP contribution is 2.29. The van der Waals surface area contributed by atoms with Crippen molar-refractivity contribution in [3.8, 4) is 0 Å². The standard InChI is InChI=1S/C14H17NO5/c1-4-9(2)20-14(17)10(3)13(16)11-7-5-6-8-12(11)15(18)19/h5-9,13,16H,3-4H2,1-2H3. The van der Waals surface area contributed by atoms with Crippen LogP contribution >= 0.6 is 0 Å². The van der Waals surface area contributed by atoms with Crippen molar-refractivity contribution in [1.29, 1.82) is 0 Å². The molecule has 0 aliphatic heterocycles. The second-order valence-corrected chi connectivity index (χ2v) is 4.37. The molecule has 0 saturated heterocycles. The monoisotopic (exact) mass is 279 g/mol. The second-order valence-electron chi connectivity index (χ2n) is 4.37. The van der Waals surface area contributed by atoms with E-state index in [1.807, 2.05) is 6.92 Å². The Morgan fingerprint density at radius 2 is 2.10 bits per heavy atom. The van der Waals surface area contributed by atoms with Crippen molar-refractivity contribution in [2.75, 3.05) is 0 Å². The highest BCUT2D eigenvalue weighted by molar-refractivity contribution is 5.89. The summed E-state index contributed by atoms with van der Waals surface area (Å²) in [5.74, 6) is -0.759. The molecule has 108 valence electrons. The number of benzene rings is 1. The van der Waals surface area contributed by atoms with Crippen molar-refractivity contribution in [3.05, 3.63) is 52.1 Å². The number of carbonyl (C=O) groups is 1. The van der Waals surface area contributed by atoms with Crippen LogP contribution in [0.3, 0.4) is 0 Å². The molecule has 0 amide bonds. The van der Waals surface area contributed by atoms with E-state index in [4.69, 9.17) is 4.74 Å². The number of nitro groups is 1. The summed E-state index contributed by atoms with van der Waals surface area (Å²) in [7, 11) is 0. The van der Waals surface area contributed by atoms with Gasteiger partial charge in [0.05, 0.1) is 22.2 Å². The van der Waals surface area contributed by atoms with Crippen molar-refractivity contribution in [2.24, 2.45) is 0 Å². The minimum atomic E-state index is -1.46. The van der Waals surface area contributed by atoms with Crippen molar-refractivity contribution >= 4 is 11.7 Å². The van der Waals surface area contributed by atoms with E-state index in [0.717, 1.165) is 0 Å². The third-order valence-corrected chi connectivity index (χ3v) is 2.90. The third-order valence-electron chi connectivity index (χ3n) is 2.90. The Labute approximate surface area is 116 Å². The van der Waals surface area contributed by atoms with Gasteiger partial charge in [0.1, 0.15) is 6.10 Å². The summed E-state index contributed by atoms with van der Waals surface area (Å²) in [4.78, 5) is 22.0. The molecule has 1 aromatic rings. The fourth-order valence-corrected chi connectivity index (χ4v) is 1.53. The molecule has 1 aromatic carbocycles. The van der Waals surface area contributed by atoms with Gasteiger partial charge in [0, 0.05) is 6.07 Å². The molecule has 0 aromatic heterocycles. The maximum Gasteiger partial charge on any atom is 0.336 e. The van der Waals surface area contributed by atoms with Gasteiger partial charge in [0.2, 0.25) is 0 Å². The minimum Gasteiger partial charge on any atom is -0.459 e. The summed E-state index contributed by atoms with van der Waals surface area (Å²) in [6.07, 6.45) is -1.15. The first-order valence-corrected chi connectivity index (χ1v) is 6.19. The Morgan fingerprint density at radius 1 is 1.50 bits per heavy atom. The van der Waals surface area contributed by atoms with Crippen LogP contribution in [-0.2, 0) is 9.53 Å². The van der Waals surface area contributed by atoms with Crippen LogP contribution in [0.1, 0.15) is 31.9 Å². The summed E-state index contributed by atoms with van der Waals surface area (Å²) >= 11 is 0. The second kappa shape index (κ2) is 6.81. The fourth-order valence-electron chi connectivity index (χ4n) is 1.53. The van der Waals surface area contributed by atoms with E-state index in [0.29, 0.717) is 6.42 Å². The van der Waals surface area contributed by atoms with E-state index in [-0.39, 0.29) is 22.9 Å². The Morgan fingerprint density at radius 3 is 2.65 bits per heavy atom. The van der Waals surface area contributed by atoms with E-state index in [1.165, 1.54) is 18.2 Å². The number of nitro benzene ring substituents is 1. The van der Waals surface area contributed by atoms with Crippen molar-refractivity contribution in [3.63, 3.8) is 0 Å². The van der Waals surface area contributed by atoms with Crippen LogP contribution in [0.25, 0.3) is 0 Å².